The first kappa shape index (κ1) is 56.6. The van der Waals surface area contributed by atoms with Crippen LogP contribution in [0, 0.1) is 52.3 Å². The van der Waals surface area contributed by atoms with E-state index in [2.05, 4.69) is 65.2 Å². The monoisotopic (exact) mass is 941 g/mol. The van der Waals surface area contributed by atoms with Crippen LogP contribution in [0.3, 0.4) is 0 Å². The van der Waals surface area contributed by atoms with Crippen LogP contribution in [0.2, 0.25) is 0 Å². The number of nitrogens with one attached hydrogen (secondary N) is 2. The highest BCUT2D eigenvalue weighted by molar-refractivity contribution is 5.76. The van der Waals surface area contributed by atoms with E-state index in [0.717, 1.165) is 54.8 Å². The molecule has 0 spiro atoms. The molecular weight excluding hydrogens is 841 g/mol. The molecule has 0 aromatic carbocycles. The van der Waals surface area contributed by atoms with Crippen molar-refractivity contribution in [1.82, 2.24) is 20.4 Å². The fraction of sp³-hybridized carbons (Fsp3) is 0.893. The summed E-state index contributed by atoms with van der Waals surface area (Å²) in [6.45, 7) is 32.5. The first-order valence-corrected chi connectivity index (χ1v) is 27.2. The largest absolute Gasteiger partial charge is 0.444 e. The van der Waals surface area contributed by atoms with E-state index in [0.29, 0.717) is 88.1 Å². The molecule has 4 aliphatic carbocycles. The van der Waals surface area contributed by atoms with E-state index in [1.54, 1.807) is 10.5 Å². The van der Waals surface area contributed by atoms with Crippen LogP contribution in [0.1, 0.15) is 213 Å². The number of hydrogen-bond acceptors (Lipinski definition) is 7. The van der Waals surface area contributed by atoms with E-state index in [-0.39, 0.29) is 12.0 Å². The third-order valence-corrected chi connectivity index (χ3v) is 16.3. The van der Waals surface area contributed by atoms with Gasteiger partial charge in [-0.3, -0.25) is 4.79 Å². The summed E-state index contributed by atoms with van der Waals surface area (Å²) >= 11 is 0. The summed E-state index contributed by atoms with van der Waals surface area (Å²) in [4.78, 5) is 55.1. The lowest BCUT2D eigenvalue weighted by atomic mass is 9.46. The van der Waals surface area contributed by atoms with Gasteiger partial charge in [0.1, 0.15) is 16.8 Å². The lowest BCUT2D eigenvalue weighted by Gasteiger charge is -2.59. The number of amides is 4. The summed E-state index contributed by atoms with van der Waals surface area (Å²) in [6.07, 6.45) is 20.6. The van der Waals surface area contributed by atoms with Crippen molar-refractivity contribution < 1.29 is 33.4 Å². The Morgan fingerprint density at radius 3 is 1.93 bits per heavy atom. The van der Waals surface area contributed by atoms with Gasteiger partial charge in [0.2, 0.25) is 5.91 Å². The van der Waals surface area contributed by atoms with Gasteiger partial charge in [0.25, 0.3) is 0 Å². The number of fused-ring (bicyclic) bond motifs is 5. The van der Waals surface area contributed by atoms with Gasteiger partial charge in [-0.1, -0.05) is 72.5 Å². The predicted molar refractivity (Wildman–Crippen MR) is 272 cm³/mol. The second-order valence-electron chi connectivity index (χ2n) is 25.1. The number of ether oxygens (including phenoxy) is 3. The average Bonchev–Trinajstić information content (AvgIpc) is 3.56. The van der Waals surface area contributed by atoms with Gasteiger partial charge >= 0.3 is 18.3 Å². The number of unbranched alkanes of at least 4 members (excludes halogenated alkanes) is 1. The quantitative estimate of drug-likeness (QED) is 0.0593. The summed E-state index contributed by atoms with van der Waals surface area (Å²) in [5, 5.41) is 5.74. The Balaban J connectivity index is 1.22. The molecule has 0 bridgehead atoms. The number of nitrogens with zero attached hydrogens (tertiary/aromatic N) is 2. The normalized spacial score (nSPS) is 26.6. The van der Waals surface area contributed by atoms with Crippen molar-refractivity contribution in [3.05, 3.63) is 11.6 Å². The van der Waals surface area contributed by atoms with Gasteiger partial charge in [-0.25, -0.2) is 14.4 Å². The molecule has 4 amide bonds. The summed E-state index contributed by atoms with van der Waals surface area (Å²) in [7, 11) is 0. The maximum Gasteiger partial charge on any atom is 0.410 e. The zero-order valence-electron chi connectivity index (χ0n) is 45.3. The molecule has 1 unspecified atom stereocenters. The molecule has 0 aromatic heterocycles. The van der Waals surface area contributed by atoms with Crippen molar-refractivity contribution in [2.45, 2.75) is 229 Å². The van der Waals surface area contributed by atoms with Crippen molar-refractivity contribution in [1.29, 1.82) is 0 Å². The molecule has 0 heterocycles. The number of carbonyl (C=O) groups is 4. The number of rotatable bonds is 23. The minimum absolute atomic E-state index is 0.0903. The molecule has 2 N–H and O–H groups in total. The van der Waals surface area contributed by atoms with Crippen molar-refractivity contribution >= 4 is 24.2 Å². The number of hydrogen-bond donors (Lipinski definition) is 2. The van der Waals surface area contributed by atoms with Gasteiger partial charge in [0.05, 0.1) is 0 Å². The molecule has 11 heteroatoms. The van der Waals surface area contributed by atoms with Gasteiger partial charge in [-0.05, 0) is 198 Å². The maximum atomic E-state index is 13.3. The SMILES string of the molecule is CCCC(=O)N(CCCCN(CCCNC(=O)OC(C)(C)C[C@H]1CC[C@@]2(C)C(=CC[C@H]3[C@@H]4CC[C@H](C(C)CCCC(C)C)[C@@]4(C)CC[C@@H]32)C1)C(=O)OC(C)(C)C)CCCNC(=O)OC(C)(C)C. The lowest BCUT2D eigenvalue weighted by Crippen LogP contribution is -2.50. The van der Waals surface area contributed by atoms with Gasteiger partial charge < -0.3 is 34.6 Å². The molecule has 4 rings (SSSR count). The van der Waals surface area contributed by atoms with Crippen molar-refractivity contribution in [3.63, 3.8) is 0 Å². The predicted octanol–water partition coefficient (Wildman–Crippen LogP) is 13.5. The smallest absolute Gasteiger partial charge is 0.410 e. The van der Waals surface area contributed by atoms with Crippen LogP contribution >= 0.6 is 0 Å². The standard InChI is InChI=1S/C56H100N4O7/c1-15-21-48(61)59(36-19-32-57-49(62)65-52(5,6)7)34-16-17-35-60(51(64)67-53(8,9)10)37-20-33-58-50(63)66-54(11,12)39-42-28-30-55(13)43(38-42)24-25-44-46-27-26-45(41(4)23-18-22-40(2)3)56(46,14)31-29-47(44)55/h24,40-42,44-47H,15-23,25-39H2,1-14H3,(H,57,62)(H,58,63)/t41?,42-,44-,45+,46-,47-,55-,56+/m0/s1. The van der Waals surface area contributed by atoms with Crippen molar-refractivity contribution in [3.8, 4) is 0 Å². The van der Waals surface area contributed by atoms with Crippen LogP contribution in [0.15, 0.2) is 11.6 Å². The van der Waals surface area contributed by atoms with Crippen LogP contribution in [0.4, 0.5) is 14.4 Å². The third kappa shape index (κ3) is 17.1. The van der Waals surface area contributed by atoms with E-state index in [1.807, 2.05) is 53.4 Å². The van der Waals surface area contributed by atoms with Crippen LogP contribution in [-0.2, 0) is 19.0 Å². The van der Waals surface area contributed by atoms with Crippen LogP contribution in [-0.4, -0.2) is 90.1 Å². The van der Waals surface area contributed by atoms with Crippen molar-refractivity contribution in [2.24, 2.45) is 52.3 Å². The molecule has 8 atom stereocenters. The Morgan fingerprint density at radius 1 is 0.716 bits per heavy atom. The molecule has 0 saturated heterocycles. The summed E-state index contributed by atoms with van der Waals surface area (Å²) in [6, 6.07) is 0. The number of allylic oxidation sites excluding steroid dienone is 2. The Kier molecular flexibility index (Phi) is 20.9. The maximum absolute atomic E-state index is 13.3. The first-order chi connectivity index (χ1) is 31.3. The first-order valence-electron chi connectivity index (χ1n) is 27.2. The Labute approximate surface area is 409 Å². The van der Waals surface area contributed by atoms with Gasteiger partial charge in [-0.2, -0.15) is 0 Å². The minimum Gasteiger partial charge on any atom is -0.444 e. The Hall–Kier alpha value is -2.98. The van der Waals surface area contributed by atoms with E-state index < -0.39 is 29.0 Å². The second-order valence-corrected chi connectivity index (χ2v) is 25.1. The molecule has 4 aliphatic rings. The molecule has 11 nitrogen and oxygen atoms in total. The van der Waals surface area contributed by atoms with E-state index in [9.17, 15) is 19.2 Å². The second kappa shape index (κ2) is 24.7. The van der Waals surface area contributed by atoms with E-state index >= 15 is 0 Å². The molecular formula is C56H100N4O7. The van der Waals surface area contributed by atoms with Gasteiger partial charge in [0.15, 0.2) is 0 Å². The number of alkyl carbamates (subject to hydrolysis) is 2. The van der Waals surface area contributed by atoms with E-state index in [4.69, 9.17) is 14.2 Å². The van der Waals surface area contributed by atoms with E-state index in [1.165, 1.54) is 64.2 Å². The zero-order valence-corrected chi connectivity index (χ0v) is 45.3. The minimum atomic E-state index is -0.644. The van der Waals surface area contributed by atoms with Crippen LogP contribution in [0.5, 0.6) is 0 Å². The number of carbonyl (C=O) groups excluding carboxylic acids is 4. The fourth-order valence-electron chi connectivity index (χ4n) is 13.2. The summed E-state index contributed by atoms with van der Waals surface area (Å²) in [5.41, 5.74) is 0.682. The molecule has 0 aliphatic heterocycles. The third-order valence-electron chi connectivity index (χ3n) is 16.3. The highest BCUT2D eigenvalue weighted by Crippen LogP contribution is 2.67. The van der Waals surface area contributed by atoms with Gasteiger partial charge in [-0.15, -0.1) is 0 Å². The van der Waals surface area contributed by atoms with Crippen LogP contribution < -0.4 is 10.6 Å². The highest BCUT2D eigenvalue weighted by Gasteiger charge is 2.59. The topological polar surface area (TPSA) is 127 Å². The average molecular weight is 941 g/mol. The molecule has 0 radical (unpaired) electrons. The van der Waals surface area contributed by atoms with Crippen LogP contribution in [0.25, 0.3) is 0 Å². The summed E-state index contributed by atoms with van der Waals surface area (Å²) in [5.74, 6) is 5.60. The molecule has 3 fully saturated rings. The molecule has 3 saturated carbocycles. The lowest BCUT2D eigenvalue weighted by molar-refractivity contribution is -0.131. The molecule has 67 heavy (non-hydrogen) atoms. The molecule has 386 valence electrons. The zero-order chi connectivity index (χ0) is 49.8. The summed E-state index contributed by atoms with van der Waals surface area (Å²) < 4.78 is 17.2. The van der Waals surface area contributed by atoms with Crippen molar-refractivity contribution in [2.75, 3.05) is 39.3 Å². The fourth-order valence-corrected chi connectivity index (χ4v) is 13.2. The Morgan fingerprint density at radius 2 is 1.31 bits per heavy atom. The van der Waals surface area contributed by atoms with Gasteiger partial charge in [0, 0.05) is 45.7 Å². The Bertz CT molecular complexity index is 1630. The molecule has 0 aromatic rings. The highest BCUT2D eigenvalue weighted by atomic mass is 16.6.